The van der Waals surface area contributed by atoms with E-state index in [0.29, 0.717) is 11.7 Å². The van der Waals surface area contributed by atoms with Crippen LogP contribution in [0.1, 0.15) is 0 Å². The van der Waals surface area contributed by atoms with Gasteiger partial charge in [-0.3, -0.25) is 0 Å². The van der Waals surface area contributed by atoms with Crippen molar-refractivity contribution in [1.29, 1.82) is 0 Å². The molecule has 0 aliphatic rings. The van der Waals surface area contributed by atoms with E-state index < -0.39 is 0 Å². The maximum atomic E-state index is 6.36. The molecule has 5 heteroatoms. The molecule has 0 saturated heterocycles. The summed E-state index contributed by atoms with van der Waals surface area (Å²) in [5, 5.41) is 1.86. The van der Waals surface area contributed by atoms with Gasteiger partial charge in [-0.25, -0.2) is 15.0 Å². The van der Waals surface area contributed by atoms with E-state index in [1.54, 1.807) is 0 Å². The zero-order chi connectivity index (χ0) is 26.5. The first-order valence-corrected chi connectivity index (χ1v) is 13.1. The lowest BCUT2D eigenvalue weighted by Crippen LogP contribution is -1.96. The quantitative estimate of drug-likeness (QED) is 0.234. The molecule has 0 amide bonds. The number of benzene rings is 5. The first-order valence-electron chi connectivity index (χ1n) is 13.1. The Morgan fingerprint density at radius 3 is 1.62 bits per heavy atom. The fourth-order valence-corrected chi connectivity index (χ4v) is 5.30. The number of oxazole rings is 1. The Bertz CT molecular complexity index is 2070. The van der Waals surface area contributed by atoms with Crippen molar-refractivity contribution in [2.75, 3.05) is 0 Å². The van der Waals surface area contributed by atoms with Crippen LogP contribution in [0.2, 0.25) is 0 Å². The fraction of sp³-hybridized carbons (Fsp3) is 0. The van der Waals surface area contributed by atoms with E-state index in [1.165, 1.54) is 0 Å². The number of fused-ring (bicyclic) bond motifs is 4. The van der Waals surface area contributed by atoms with Gasteiger partial charge in [-0.1, -0.05) is 91.0 Å². The van der Waals surface area contributed by atoms with Crippen molar-refractivity contribution in [2.45, 2.75) is 0 Å². The van der Waals surface area contributed by atoms with Crippen molar-refractivity contribution in [3.63, 3.8) is 0 Å². The summed E-state index contributed by atoms with van der Waals surface area (Å²) < 4.78 is 12.6. The van der Waals surface area contributed by atoms with Crippen molar-refractivity contribution in [2.24, 2.45) is 0 Å². The Morgan fingerprint density at radius 2 is 0.975 bits per heavy atom. The minimum Gasteiger partial charge on any atom is -0.456 e. The summed E-state index contributed by atoms with van der Waals surface area (Å²) in [5.74, 6) is 1.18. The lowest BCUT2D eigenvalue weighted by molar-refractivity contribution is 0.620. The van der Waals surface area contributed by atoms with E-state index >= 15 is 0 Å². The van der Waals surface area contributed by atoms with Gasteiger partial charge >= 0.3 is 0 Å². The molecule has 0 unspecified atom stereocenters. The second-order valence-corrected chi connectivity index (χ2v) is 9.64. The molecule has 0 N–H and O–H groups in total. The number of rotatable bonds is 4. The van der Waals surface area contributed by atoms with Crippen LogP contribution in [0.25, 0.3) is 78.4 Å². The molecule has 0 saturated carbocycles. The first kappa shape index (κ1) is 22.4. The molecule has 8 aromatic rings. The van der Waals surface area contributed by atoms with E-state index in [-0.39, 0.29) is 0 Å². The SMILES string of the molecule is c1ccc(-c2cc(-c3ccccc3)nc(-c3cccc4oc5cccc(-c6nc7ccccc7o6)c5c34)n2)cc1. The molecule has 0 spiro atoms. The molecule has 3 heterocycles. The maximum absolute atomic E-state index is 6.36. The third kappa shape index (κ3) is 3.68. The smallest absolute Gasteiger partial charge is 0.228 e. The Balaban J connectivity index is 1.42. The Labute approximate surface area is 229 Å². The lowest BCUT2D eigenvalue weighted by Gasteiger charge is -2.10. The van der Waals surface area contributed by atoms with Gasteiger partial charge in [-0.2, -0.15) is 0 Å². The summed E-state index contributed by atoms with van der Waals surface area (Å²) in [6, 6.07) is 42.2. The molecule has 0 radical (unpaired) electrons. The van der Waals surface area contributed by atoms with Crippen LogP contribution < -0.4 is 0 Å². The summed E-state index contributed by atoms with van der Waals surface area (Å²) in [6.07, 6.45) is 0. The highest BCUT2D eigenvalue weighted by Crippen LogP contribution is 2.41. The largest absolute Gasteiger partial charge is 0.456 e. The zero-order valence-electron chi connectivity index (χ0n) is 21.3. The van der Waals surface area contributed by atoms with Crippen LogP contribution in [0.4, 0.5) is 0 Å². The molecule has 0 atom stereocenters. The van der Waals surface area contributed by atoms with E-state index in [4.69, 9.17) is 23.8 Å². The summed E-state index contributed by atoms with van der Waals surface area (Å²) in [6.45, 7) is 0. The van der Waals surface area contributed by atoms with Crippen LogP contribution in [-0.4, -0.2) is 15.0 Å². The van der Waals surface area contributed by atoms with E-state index in [0.717, 1.165) is 66.7 Å². The number of para-hydroxylation sites is 2. The topological polar surface area (TPSA) is 65.0 Å². The molecule has 188 valence electrons. The maximum Gasteiger partial charge on any atom is 0.228 e. The van der Waals surface area contributed by atoms with Gasteiger partial charge in [0.2, 0.25) is 5.89 Å². The van der Waals surface area contributed by atoms with Crippen LogP contribution in [-0.2, 0) is 0 Å². The van der Waals surface area contributed by atoms with Crippen molar-refractivity contribution in [3.8, 4) is 45.4 Å². The minimum absolute atomic E-state index is 0.549. The summed E-state index contributed by atoms with van der Waals surface area (Å²) in [4.78, 5) is 15.0. The van der Waals surface area contributed by atoms with Crippen molar-refractivity contribution in [3.05, 3.63) is 127 Å². The molecule has 5 aromatic carbocycles. The normalized spacial score (nSPS) is 11.5. The van der Waals surface area contributed by atoms with Crippen molar-refractivity contribution in [1.82, 2.24) is 15.0 Å². The van der Waals surface area contributed by atoms with Gasteiger partial charge in [0.05, 0.1) is 11.4 Å². The van der Waals surface area contributed by atoms with Gasteiger partial charge in [-0.15, -0.1) is 0 Å². The van der Waals surface area contributed by atoms with E-state index in [1.807, 2.05) is 97.1 Å². The first-order chi connectivity index (χ1) is 19.8. The van der Waals surface area contributed by atoms with Gasteiger partial charge in [0.1, 0.15) is 16.7 Å². The molecule has 0 bridgehead atoms. The molecule has 5 nitrogen and oxygen atoms in total. The molecule has 8 rings (SSSR count). The summed E-state index contributed by atoms with van der Waals surface area (Å²) in [5.41, 5.74) is 8.58. The molecule has 3 aromatic heterocycles. The Hall–Kier alpha value is -5.55. The average Bonchev–Trinajstić information content (AvgIpc) is 3.63. The summed E-state index contributed by atoms with van der Waals surface area (Å²) in [7, 11) is 0. The molecular formula is C35H21N3O2. The monoisotopic (exact) mass is 515 g/mol. The van der Waals surface area contributed by atoms with E-state index in [2.05, 4.69) is 30.3 Å². The van der Waals surface area contributed by atoms with Gasteiger partial charge in [0, 0.05) is 33.0 Å². The fourth-order valence-electron chi connectivity index (χ4n) is 5.30. The predicted molar refractivity (Wildman–Crippen MR) is 159 cm³/mol. The molecule has 0 fully saturated rings. The van der Waals surface area contributed by atoms with Gasteiger partial charge < -0.3 is 8.83 Å². The average molecular weight is 516 g/mol. The Kier molecular flexibility index (Phi) is 5.07. The van der Waals surface area contributed by atoms with Crippen LogP contribution >= 0.6 is 0 Å². The standard InChI is InChI=1S/C35H21N3O2/c1-3-11-22(12-4-1)27-21-28(23-13-5-2-6-14-23)37-34(36-27)24-15-9-19-30-32(24)33-25(16-10-20-31(33)39-30)35-38-26-17-7-8-18-29(26)40-35/h1-21H. The number of hydrogen-bond donors (Lipinski definition) is 0. The lowest BCUT2D eigenvalue weighted by atomic mass is 10.0. The highest BCUT2D eigenvalue weighted by atomic mass is 16.3. The zero-order valence-corrected chi connectivity index (χ0v) is 21.3. The molecule has 40 heavy (non-hydrogen) atoms. The van der Waals surface area contributed by atoms with Crippen LogP contribution in [0, 0.1) is 0 Å². The second-order valence-electron chi connectivity index (χ2n) is 9.64. The number of hydrogen-bond acceptors (Lipinski definition) is 5. The van der Waals surface area contributed by atoms with Gasteiger partial charge in [0.25, 0.3) is 0 Å². The minimum atomic E-state index is 0.549. The van der Waals surface area contributed by atoms with Gasteiger partial charge in [0.15, 0.2) is 11.4 Å². The van der Waals surface area contributed by atoms with Crippen molar-refractivity contribution >= 4 is 33.0 Å². The van der Waals surface area contributed by atoms with Gasteiger partial charge in [-0.05, 0) is 36.4 Å². The summed E-state index contributed by atoms with van der Waals surface area (Å²) >= 11 is 0. The third-order valence-electron chi connectivity index (χ3n) is 7.15. The van der Waals surface area contributed by atoms with Crippen LogP contribution in [0.3, 0.4) is 0 Å². The van der Waals surface area contributed by atoms with Crippen molar-refractivity contribution < 1.29 is 8.83 Å². The van der Waals surface area contributed by atoms with Crippen LogP contribution in [0.5, 0.6) is 0 Å². The Morgan fingerprint density at radius 1 is 0.425 bits per heavy atom. The molecular weight excluding hydrogens is 494 g/mol. The van der Waals surface area contributed by atoms with E-state index in [9.17, 15) is 0 Å². The highest BCUT2D eigenvalue weighted by molar-refractivity contribution is 6.17. The third-order valence-corrected chi connectivity index (χ3v) is 7.15. The second kappa shape index (κ2) is 9.03. The molecule has 0 aliphatic carbocycles. The predicted octanol–water partition coefficient (Wildman–Crippen LogP) is 9.19. The molecule has 0 aliphatic heterocycles. The van der Waals surface area contributed by atoms with Crippen LogP contribution in [0.15, 0.2) is 136 Å². The number of nitrogens with zero attached hydrogens (tertiary/aromatic N) is 3. The number of aromatic nitrogens is 3. The highest BCUT2D eigenvalue weighted by Gasteiger charge is 2.21. The number of furan rings is 1.